The van der Waals surface area contributed by atoms with E-state index in [4.69, 9.17) is 16.3 Å². The molecule has 34 heavy (non-hydrogen) atoms. The van der Waals surface area contributed by atoms with Crippen LogP contribution in [0.2, 0.25) is 5.02 Å². The molecule has 1 atom stereocenters. The Labute approximate surface area is 205 Å². The van der Waals surface area contributed by atoms with Gasteiger partial charge in [-0.25, -0.2) is 4.79 Å². The maximum atomic E-state index is 13.5. The fourth-order valence-electron chi connectivity index (χ4n) is 3.37. The second-order valence-corrected chi connectivity index (χ2v) is 9.31. The Morgan fingerprint density at radius 3 is 2.35 bits per heavy atom. The number of phenols is 1. The second-order valence-electron chi connectivity index (χ2n) is 8.90. The number of benzene rings is 2. The number of amides is 3. The molecule has 2 rings (SSSR count). The average Bonchev–Trinajstić information content (AvgIpc) is 2.73. The highest BCUT2D eigenvalue weighted by atomic mass is 35.5. The molecule has 0 aliphatic heterocycles. The average molecular weight is 490 g/mol. The summed E-state index contributed by atoms with van der Waals surface area (Å²) in [4.78, 5) is 40.0. The molecule has 3 N–H and O–H groups in total. The van der Waals surface area contributed by atoms with Crippen molar-refractivity contribution < 1.29 is 24.2 Å². The Hall–Kier alpha value is -3.26. The van der Waals surface area contributed by atoms with E-state index in [2.05, 4.69) is 10.6 Å². The van der Waals surface area contributed by atoms with Crippen molar-refractivity contribution in [3.05, 3.63) is 58.1 Å². The summed E-state index contributed by atoms with van der Waals surface area (Å²) in [6.07, 6.45) is -0.731. The Balaban J connectivity index is 2.36. The molecule has 0 saturated heterocycles. The standard InChI is InChI=1S/C25H32ClN3O5/c1-7-29(20(31)14-27-24(33)34-25(4,5)6)22(17-11-12-19(30)16(3)13-17)23(32)28-21-15(2)9-8-10-18(21)26/h8-13,22,30H,7,14H2,1-6H3,(H,27,33)(H,28,32). The molecule has 0 radical (unpaired) electrons. The third-order valence-corrected chi connectivity index (χ3v) is 5.33. The number of alkyl carbamates (subject to hydrolysis) is 1. The third kappa shape index (κ3) is 7.12. The molecule has 0 aliphatic carbocycles. The van der Waals surface area contributed by atoms with Crippen LogP contribution in [-0.4, -0.2) is 46.6 Å². The lowest BCUT2D eigenvalue weighted by Gasteiger charge is -2.31. The number of ether oxygens (including phenoxy) is 1. The maximum absolute atomic E-state index is 13.5. The number of hydrogen-bond donors (Lipinski definition) is 3. The van der Waals surface area contributed by atoms with Crippen molar-refractivity contribution in [1.29, 1.82) is 0 Å². The van der Waals surface area contributed by atoms with E-state index in [-0.39, 0.29) is 18.8 Å². The van der Waals surface area contributed by atoms with Crippen LogP contribution in [0.15, 0.2) is 36.4 Å². The van der Waals surface area contributed by atoms with Gasteiger partial charge in [0.1, 0.15) is 23.9 Å². The van der Waals surface area contributed by atoms with Gasteiger partial charge in [0.15, 0.2) is 0 Å². The molecular weight excluding hydrogens is 458 g/mol. The highest BCUT2D eigenvalue weighted by molar-refractivity contribution is 6.34. The first kappa shape index (κ1) is 27.0. The summed E-state index contributed by atoms with van der Waals surface area (Å²) in [5.74, 6) is -0.880. The number of carbonyl (C=O) groups is 3. The first-order chi connectivity index (χ1) is 15.8. The molecule has 0 saturated carbocycles. The SMILES string of the molecule is CCN(C(=O)CNC(=O)OC(C)(C)C)C(C(=O)Nc1c(C)cccc1Cl)c1ccc(O)c(C)c1. The number of hydrogen-bond acceptors (Lipinski definition) is 5. The van der Waals surface area contributed by atoms with Gasteiger partial charge in [-0.15, -0.1) is 0 Å². The van der Waals surface area contributed by atoms with E-state index >= 15 is 0 Å². The predicted molar refractivity (Wildman–Crippen MR) is 132 cm³/mol. The minimum Gasteiger partial charge on any atom is -0.508 e. The van der Waals surface area contributed by atoms with Crippen molar-refractivity contribution in [3.8, 4) is 5.75 Å². The third-order valence-electron chi connectivity index (χ3n) is 5.01. The number of anilines is 1. The number of para-hydroxylation sites is 1. The van der Waals surface area contributed by atoms with Gasteiger partial charge >= 0.3 is 6.09 Å². The number of halogens is 1. The molecule has 9 heteroatoms. The normalized spacial score (nSPS) is 12.0. The van der Waals surface area contributed by atoms with Crippen molar-refractivity contribution in [1.82, 2.24) is 10.2 Å². The van der Waals surface area contributed by atoms with Crippen LogP contribution in [0, 0.1) is 13.8 Å². The summed E-state index contributed by atoms with van der Waals surface area (Å²) >= 11 is 6.29. The number of carbonyl (C=O) groups excluding carboxylic acids is 3. The van der Waals surface area contributed by atoms with Crippen molar-refractivity contribution in [2.45, 2.75) is 53.2 Å². The molecular formula is C25H32ClN3O5. The lowest BCUT2D eigenvalue weighted by Crippen LogP contribution is -2.46. The second kappa shape index (κ2) is 11.2. The lowest BCUT2D eigenvalue weighted by molar-refractivity contribution is -0.138. The van der Waals surface area contributed by atoms with E-state index in [1.54, 1.807) is 58.9 Å². The first-order valence-electron chi connectivity index (χ1n) is 11.0. The van der Waals surface area contributed by atoms with Crippen LogP contribution in [0.25, 0.3) is 0 Å². The van der Waals surface area contributed by atoms with Gasteiger partial charge < -0.3 is 25.4 Å². The lowest BCUT2D eigenvalue weighted by atomic mass is 10.0. The number of nitrogens with zero attached hydrogens (tertiary/aromatic N) is 1. The first-order valence-corrected chi connectivity index (χ1v) is 11.3. The molecule has 184 valence electrons. The van der Waals surface area contributed by atoms with Crippen molar-refractivity contribution in [2.75, 3.05) is 18.4 Å². The largest absolute Gasteiger partial charge is 0.508 e. The van der Waals surface area contributed by atoms with Crippen LogP contribution >= 0.6 is 11.6 Å². The van der Waals surface area contributed by atoms with Crippen LogP contribution in [-0.2, 0) is 14.3 Å². The van der Waals surface area contributed by atoms with Gasteiger partial charge in [0.05, 0.1) is 10.7 Å². The molecule has 1 unspecified atom stereocenters. The molecule has 0 bridgehead atoms. The van der Waals surface area contributed by atoms with E-state index < -0.39 is 29.6 Å². The molecule has 3 amide bonds. The number of rotatable bonds is 7. The summed E-state index contributed by atoms with van der Waals surface area (Å²) in [5, 5.41) is 15.6. The van der Waals surface area contributed by atoms with Crippen LogP contribution in [0.4, 0.5) is 10.5 Å². The molecule has 2 aromatic rings. The summed E-state index contributed by atoms with van der Waals surface area (Å²) in [6, 6.07) is 8.93. The Morgan fingerprint density at radius 1 is 1.12 bits per heavy atom. The van der Waals surface area contributed by atoms with Gasteiger partial charge in [-0.1, -0.05) is 29.8 Å². The molecule has 0 heterocycles. The van der Waals surface area contributed by atoms with Gasteiger partial charge in [0, 0.05) is 6.54 Å². The zero-order valence-corrected chi connectivity index (χ0v) is 21.1. The molecule has 2 aromatic carbocycles. The van der Waals surface area contributed by atoms with Gasteiger partial charge in [0.25, 0.3) is 5.91 Å². The van der Waals surface area contributed by atoms with Crippen LogP contribution < -0.4 is 10.6 Å². The molecule has 0 fully saturated rings. The number of likely N-dealkylation sites (N-methyl/N-ethyl adjacent to an activating group) is 1. The zero-order valence-electron chi connectivity index (χ0n) is 20.4. The van der Waals surface area contributed by atoms with Crippen LogP contribution in [0.1, 0.15) is 50.4 Å². The highest BCUT2D eigenvalue weighted by Crippen LogP contribution is 2.30. The van der Waals surface area contributed by atoms with Crippen molar-refractivity contribution in [3.63, 3.8) is 0 Å². The zero-order chi connectivity index (χ0) is 25.6. The summed E-state index contributed by atoms with van der Waals surface area (Å²) in [5.41, 5.74) is 1.56. The Bertz CT molecular complexity index is 1040. The molecule has 8 nitrogen and oxygen atoms in total. The van der Waals surface area contributed by atoms with E-state index in [0.29, 0.717) is 21.8 Å². The number of aromatic hydroxyl groups is 1. The van der Waals surface area contributed by atoms with Crippen LogP contribution in [0.3, 0.4) is 0 Å². The summed E-state index contributed by atoms with van der Waals surface area (Å²) in [7, 11) is 0. The summed E-state index contributed by atoms with van der Waals surface area (Å²) < 4.78 is 5.19. The molecule has 0 spiro atoms. The number of phenolic OH excluding ortho intramolecular Hbond substituents is 1. The molecule has 0 aromatic heterocycles. The topological polar surface area (TPSA) is 108 Å². The van der Waals surface area contributed by atoms with E-state index in [0.717, 1.165) is 5.56 Å². The summed E-state index contributed by atoms with van der Waals surface area (Å²) in [6.45, 7) is 10.2. The van der Waals surface area contributed by atoms with Gasteiger partial charge in [-0.2, -0.15) is 0 Å². The Morgan fingerprint density at radius 2 is 1.79 bits per heavy atom. The van der Waals surface area contributed by atoms with Crippen molar-refractivity contribution >= 4 is 35.2 Å². The Kier molecular flexibility index (Phi) is 8.93. The fraction of sp³-hybridized carbons (Fsp3) is 0.400. The van der Waals surface area contributed by atoms with Gasteiger partial charge in [-0.05, 0) is 76.4 Å². The van der Waals surface area contributed by atoms with E-state index in [1.807, 2.05) is 13.0 Å². The van der Waals surface area contributed by atoms with Crippen LogP contribution in [0.5, 0.6) is 5.75 Å². The number of nitrogens with one attached hydrogen (secondary N) is 2. The van der Waals surface area contributed by atoms with E-state index in [9.17, 15) is 19.5 Å². The number of aryl methyl sites for hydroxylation is 2. The highest BCUT2D eigenvalue weighted by Gasteiger charge is 2.32. The minimum absolute atomic E-state index is 0.0748. The molecule has 0 aliphatic rings. The fourth-order valence-corrected chi connectivity index (χ4v) is 3.64. The monoisotopic (exact) mass is 489 g/mol. The smallest absolute Gasteiger partial charge is 0.408 e. The quantitative estimate of drug-likeness (QED) is 0.521. The maximum Gasteiger partial charge on any atom is 0.408 e. The van der Waals surface area contributed by atoms with E-state index in [1.165, 1.54) is 11.0 Å². The van der Waals surface area contributed by atoms with Crippen molar-refractivity contribution in [2.24, 2.45) is 0 Å². The minimum atomic E-state index is -1.03. The predicted octanol–water partition coefficient (Wildman–Crippen LogP) is 4.72. The van der Waals surface area contributed by atoms with Gasteiger partial charge in [0.2, 0.25) is 5.91 Å². The van der Waals surface area contributed by atoms with Gasteiger partial charge in [-0.3, -0.25) is 9.59 Å².